The Balaban J connectivity index is 1.49. The van der Waals surface area contributed by atoms with E-state index in [0.29, 0.717) is 24.8 Å². The summed E-state index contributed by atoms with van der Waals surface area (Å²) < 4.78 is 2.00. The molecule has 168 valence electrons. The van der Waals surface area contributed by atoms with Crippen LogP contribution in [0, 0.1) is 0 Å². The normalized spacial score (nSPS) is 14.5. The number of halogens is 1. The fourth-order valence-corrected chi connectivity index (χ4v) is 4.52. The zero-order chi connectivity index (χ0) is 23.2. The first-order valence-electron chi connectivity index (χ1n) is 10.8. The summed E-state index contributed by atoms with van der Waals surface area (Å²) in [5.74, 6) is 0. The molecular formula is C25H24ClN5O2. The fourth-order valence-electron chi connectivity index (χ4n) is 4.29. The van der Waals surface area contributed by atoms with Crippen LogP contribution in [0.5, 0.6) is 0 Å². The maximum absolute atomic E-state index is 12.8. The lowest BCUT2D eigenvalue weighted by Gasteiger charge is -2.25. The largest absolute Gasteiger partial charge is 0.389 e. The lowest BCUT2D eigenvalue weighted by molar-refractivity contribution is 0.0526. The Morgan fingerprint density at radius 1 is 1.00 bits per heavy atom. The predicted molar refractivity (Wildman–Crippen MR) is 130 cm³/mol. The molecule has 1 fully saturated rings. The molecule has 0 bridgehead atoms. The Morgan fingerprint density at radius 2 is 1.73 bits per heavy atom. The third kappa shape index (κ3) is 4.05. The molecule has 0 unspecified atom stereocenters. The number of hydrogen-bond donors (Lipinski definition) is 1. The van der Waals surface area contributed by atoms with Gasteiger partial charge in [-0.05, 0) is 43.7 Å². The average Bonchev–Trinajstić information content (AvgIpc) is 3.35. The van der Waals surface area contributed by atoms with Gasteiger partial charge in [0, 0.05) is 36.2 Å². The van der Waals surface area contributed by atoms with Gasteiger partial charge in [-0.1, -0.05) is 41.9 Å². The molecule has 1 aliphatic heterocycles. The van der Waals surface area contributed by atoms with Crippen LogP contribution >= 0.6 is 11.6 Å². The van der Waals surface area contributed by atoms with Gasteiger partial charge in [-0.15, -0.1) is 0 Å². The van der Waals surface area contributed by atoms with Gasteiger partial charge in [-0.2, -0.15) is 0 Å². The minimum Gasteiger partial charge on any atom is -0.389 e. The first-order valence-corrected chi connectivity index (χ1v) is 11.2. The fraction of sp³-hybridized carbons (Fsp3) is 0.240. The van der Waals surface area contributed by atoms with Crippen molar-refractivity contribution in [2.24, 2.45) is 0 Å². The van der Waals surface area contributed by atoms with E-state index in [0.717, 1.165) is 33.5 Å². The Morgan fingerprint density at radius 3 is 2.42 bits per heavy atom. The highest BCUT2D eigenvalue weighted by molar-refractivity contribution is 6.35. The van der Waals surface area contributed by atoms with E-state index in [1.807, 2.05) is 65.4 Å². The summed E-state index contributed by atoms with van der Waals surface area (Å²) in [6, 6.07) is 17.7. The summed E-state index contributed by atoms with van der Waals surface area (Å²) in [6.07, 6.45) is 3.48. The maximum Gasteiger partial charge on any atom is 0.324 e. The van der Waals surface area contributed by atoms with Crippen LogP contribution in [-0.4, -0.2) is 55.8 Å². The summed E-state index contributed by atoms with van der Waals surface area (Å²) in [6.45, 7) is 4.89. The van der Waals surface area contributed by atoms with Crippen molar-refractivity contribution in [1.29, 1.82) is 0 Å². The van der Waals surface area contributed by atoms with Crippen molar-refractivity contribution >= 4 is 34.4 Å². The van der Waals surface area contributed by atoms with Crippen LogP contribution in [0.15, 0.2) is 67.1 Å². The topological polar surface area (TPSA) is 74.5 Å². The number of urea groups is 1. The number of carbonyl (C=O) groups is 1. The second-order valence-electron chi connectivity index (χ2n) is 8.83. The first-order chi connectivity index (χ1) is 15.8. The lowest BCUT2D eigenvalue weighted by atomic mass is 10.1. The SMILES string of the molecule is CC(C)(O)CN1CCN(c2ccc(-c3cn(-c4ccccc4)c4ncnc(Cl)c34)cc2)C1=O. The molecule has 2 aromatic carbocycles. The van der Waals surface area contributed by atoms with Gasteiger partial charge in [0.05, 0.1) is 17.5 Å². The van der Waals surface area contributed by atoms with E-state index in [2.05, 4.69) is 9.97 Å². The van der Waals surface area contributed by atoms with E-state index >= 15 is 0 Å². The minimum atomic E-state index is -0.927. The number of aromatic nitrogens is 3. The Labute approximate surface area is 196 Å². The molecule has 0 spiro atoms. The number of carbonyl (C=O) groups excluding carboxylic acids is 1. The molecule has 1 saturated heterocycles. The molecule has 3 heterocycles. The van der Waals surface area contributed by atoms with Gasteiger partial charge in [-0.3, -0.25) is 4.90 Å². The molecule has 1 N–H and O–H groups in total. The van der Waals surface area contributed by atoms with Crippen molar-refractivity contribution in [3.63, 3.8) is 0 Å². The van der Waals surface area contributed by atoms with Gasteiger partial charge in [0.25, 0.3) is 0 Å². The monoisotopic (exact) mass is 461 g/mol. The highest BCUT2D eigenvalue weighted by atomic mass is 35.5. The van der Waals surface area contributed by atoms with Crippen molar-refractivity contribution < 1.29 is 9.90 Å². The first kappa shape index (κ1) is 21.4. The zero-order valence-corrected chi connectivity index (χ0v) is 19.2. The van der Waals surface area contributed by atoms with Crippen molar-refractivity contribution in [1.82, 2.24) is 19.4 Å². The number of amides is 2. The third-order valence-electron chi connectivity index (χ3n) is 5.73. The van der Waals surface area contributed by atoms with Crippen LogP contribution in [0.3, 0.4) is 0 Å². The molecule has 0 saturated carbocycles. The number of anilines is 1. The number of rotatable bonds is 5. The number of β-amino-alcohol motifs (C(OH)–C–C–N with tert-alkyl or cyclic N) is 1. The number of aliphatic hydroxyl groups is 1. The van der Waals surface area contributed by atoms with Gasteiger partial charge in [0.15, 0.2) is 0 Å². The molecule has 33 heavy (non-hydrogen) atoms. The van der Waals surface area contributed by atoms with Crippen LogP contribution in [0.4, 0.5) is 10.5 Å². The lowest BCUT2D eigenvalue weighted by Crippen LogP contribution is -2.41. The number of nitrogens with zero attached hydrogens (tertiary/aromatic N) is 5. The van der Waals surface area contributed by atoms with Crippen LogP contribution in [-0.2, 0) is 0 Å². The molecule has 2 amide bonds. The van der Waals surface area contributed by atoms with E-state index in [9.17, 15) is 9.90 Å². The van der Waals surface area contributed by atoms with E-state index in [-0.39, 0.29) is 6.03 Å². The molecule has 4 aromatic rings. The average molecular weight is 462 g/mol. The second-order valence-corrected chi connectivity index (χ2v) is 9.18. The zero-order valence-electron chi connectivity index (χ0n) is 18.4. The standard InChI is InChI=1S/C25H24ClN5O2/c1-25(2,33)15-29-12-13-30(24(29)32)19-10-8-17(9-11-19)20-14-31(18-6-4-3-5-7-18)23-21(20)22(26)27-16-28-23/h3-11,14,16,33H,12-13,15H2,1-2H3. The highest BCUT2D eigenvalue weighted by Gasteiger charge is 2.32. The molecule has 2 aromatic heterocycles. The van der Waals surface area contributed by atoms with Crippen molar-refractivity contribution in [3.8, 4) is 16.8 Å². The molecule has 0 atom stereocenters. The van der Waals surface area contributed by atoms with Crippen LogP contribution in [0.1, 0.15) is 13.8 Å². The Bertz CT molecular complexity index is 1310. The van der Waals surface area contributed by atoms with E-state index in [1.165, 1.54) is 6.33 Å². The number of hydrogen-bond acceptors (Lipinski definition) is 4. The molecule has 1 aliphatic rings. The molecule has 8 heteroatoms. The van der Waals surface area contributed by atoms with Crippen molar-refractivity contribution in [2.75, 3.05) is 24.5 Å². The van der Waals surface area contributed by atoms with Crippen molar-refractivity contribution in [2.45, 2.75) is 19.4 Å². The third-order valence-corrected chi connectivity index (χ3v) is 6.02. The van der Waals surface area contributed by atoms with E-state index in [4.69, 9.17) is 11.6 Å². The summed E-state index contributed by atoms with van der Waals surface area (Å²) in [5, 5.41) is 11.2. The van der Waals surface area contributed by atoms with Gasteiger partial charge < -0.3 is 14.6 Å². The highest BCUT2D eigenvalue weighted by Crippen LogP contribution is 2.36. The molecule has 0 radical (unpaired) electrons. The van der Waals surface area contributed by atoms with Crippen LogP contribution in [0.2, 0.25) is 5.15 Å². The molecular weight excluding hydrogens is 438 g/mol. The quantitative estimate of drug-likeness (QED) is 0.435. The number of para-hydroxylation sites is 1. The predicted octanol–water partition coefficient (Wildman–Crippen LogP) is 4.75. The molecule has 7 nitrogen and oxygen atoms in total. The van der Waals surface area contributed by atoms with E-state index in [1.54, 1.807) is 23.6 Å². The van der Waals surface area contributed by atoms with Gasteiger partial charge >= 0.3 is 6.03 Å². The second kappa shape index (κ2) is 8.17. The smallest absolute Gasteiger partial charge is 0.324 e. The summed E-state index contributed by atoms with van der Waals surface area (Å²) in [4.78, 5) is 24.9. The minimum absolute atomic E-state index is 0.0954. The Hall–Kier alpha value is -3.42. The summed E-state index contributed by atoms with van der Waals surface area (Å²) >= 11 is 6.49. The summed E-state index contributed by atoms with van der Waals surface area (Å²) in [5.41, 5.74) is 3.48. The van der Waals surface area contributed by atoms with Gasteiger partial charge in [-0.25, -0.2) is 14.8 Å². The van der Waals surface area contributed by atoms with Crippen molar-refractivity contribution in [3.05, 3.63) is 72.3 Å². The van der Waals surface area contributed by atoms with Crippen LogP contribution in [0.25, 0.3) is 27.8 Å². The maximum atomic E-state index is 12.8. The van der Waals surface area contributed by atoms with Crippen LogP contribution < -0.4 is 4.90 Å². The van der Waals surface area contributed by atoms with E-state index < -0.39 is 5.60 Å². The number of fused-ring (bicyclic) bond motifs is 1. The number of benzene rings is 2. The Kier molecular flexibility index (Phi) is 5.31. The summed E-state index contributed by atoms with van der Waals surface area (Å²) in [7, 11) is 0. The van der Waals surface area contributed by atoms with Gasteiger partial charge in [0.1, 0.15) is 17.1 Å². The molecule has 0 aliphatic carbocycles. The van der Waals surface area contributed by atoms with Gasteiger partial charge in [0.2, 0.25) is 0 Å². The molecule has 5 rings (SSSR count).